The first kappa shape index (κ1) is 15.2. The van der Waals surface area contributed by atoms with Gasteiger partial charge in [-0.05, 0) is 69.2 Å². The van der Waals surface area contributed by atoms with E-state index in [0.29, 0.717) is 17.1 Å². The van der Waals surface area contributed by atoms with Gasteiger partial charge in [0.25, 0.3) is 0 Å². The molecule has 1 spiro atoms. The summed E-state index contributed by atoms with van der Waals surface area (Å²) in [5.41, 5.74) is 7.74. The molecule has 1 fully saturated rings. The molecule has 1 atom stereocenters. The highest BCUT2D eigenvalue weighted by atomic mass is 32.2. The number of phenolic OH excluding ortho intramolecular Hbond substituents is 1. The Bertz CT molecular complexity index is 567. The van der Waals surface area contributed by atoms with E-state index in [-0.39, 0.29) is 6.04 Å². The van der Waals surface area contributed by atoms with Gasteiger partial charge in [0, 0.05) is 9.64 Å². The Morgan fingerprint density at radius 3 is 2.52 bits per heavy atom. The maximum Gasteiger partial charge on any atom is 0.122 e. The van der Waals surface area contributed by atoms with Crippen LogP contribution in [0, 0.1) is 20.8 Å². The summed E-state index contributed by atoms with van der Waals surface area (Å²) in [6.45, 7) is 8.83. The van der Waals surface area contributed by atoms with Gasteiger partial charge in [0.2, 0.25) is 0 Å². The topological polar surface area (TPSA) is 41.5 Å². The fourth-order valence-corrected chi connectivity index (χ4v) is 5.46. The van der Waals surface area contributed by atoms with E-state index in [0.717, 1.165) is 17.5 Å². The monoisotopic (exact) mass is 307 g/mol. The van der Waals surface area contributed by atoms with Crippen molar-refractivity contribution in [1.29, 1.82) is 0 Å². The molecule has 3 rings (SSSR count). The fraction of sp³-hybridized carbons (Fsp3) is 0.647. The van der Waals surface area contributed by atoms with Gasteiger partial charge in [-0.1, -0.05) is 6.42 Å². The molecule has 1 aliphatic heterocycles. The number of aromatic hydroxyl groups is 1. The lowest BCUT2D eigenvalue weighted by molar-refractivity contribution is 0.0145. The van der Waals surface area contributed by atoms with Crippen LogP contribution in [0.25, 0.3) is 0 Å². The van der Waals surface area contributed by atoms with E-state index in [1.807, 2.05) is 32.5 Å². The maximum atomic E-state index is 10.4. The van der Waals surface area contributed by atoms with Gasteiger partial charge in [0.05, 0.1) is 12.6 Å². The van der Waals surface area contributed by atoms with Gasteiger partial charge < -0.3 is 9.94 Å². The lowest BCUT2D eigenvalue weighted by atomic mass is 9.77. The molecule has 0 bridgehead atoms. The van der Waals surface area contributed by atoms with Crippen molar-refractivity contribution in [2.24, 2.45) is 0 Å². The molecule has 3 nitrogen and oxygen atoms in total. The van der Waals surface area contributed by atoms with Gasteiger partial charge >= 0.3 is 0 Å². The normalized spacial score (nSPS) is 23.0. The zero-order valence-corrected chi connectivity index (χ0v) is 14.2. The van der Waals surface area contributed by atoms with Crippen LogP contribution < -0.4 is 5.48 Å². The number of thioether (sulfide) groups is 1. The second-order valence-corrected chi connectivity index (χ2v) is 7.89. The number of fused-ring (bicyclic) bond motifs is 1. The average Bonchev–Trinajstić information content (AvgIpc) is 2.46. The molecule has 1 saturated carbocycles. The smallest absolute Gasteiger partial charge is 0.122 e. The van der Waals surface area contributed by atoms with Crippen LogP contribution in [0.3, 0.4) is 0 Å². The zero-order chi connectivity index (χ0) is 15.2. The zero-order valence-electron chi connectivity index (χ0n) is 13.4. The van der Waals surface area contributed by atoms with Gasteiger partial charge in [0.1, 0.15) is 5.75 Å². The first-order valence-electron chi connectivity index (χ1n) is 7.88. The van der Waals surface area contributed by atoms with Gasteiger partial charge in [-0.25, -0.2) is 0 Å². The van der Waals surface area contributed by atoms with Gasteiger partial charge in [-0.2, -0.15) is 5.48 Å². The summed E-state index contributed by atoms with van der Waals surface area (Å²) in [6.07, 6.45) is 5.01. The molecule has 1 aliphatic carbocycles. The van der Waals surface area contributed by atoms with Crippen LogP contribution in [0.1, 0.15) is 60.9 Å². The van der Waals surface area contributed by atoms with Crippen LogP contribution in [-0.4, -0.2) is 16.5 Å². The van der Waals surface area contributed by atoms with Crippen molar-refractivity contribution in [3.05, 3.63) is 22.3 Å². The molecule has 1 aromatic rings. The van der Waals surface area contributed by atoms with E-state index in [4.69, 9.17) is 4.84 Å². The first-order chi connectivity index (χ1) is 9.99. The van der Waals surface area contributed by atoms with E-state index in [9.17, 15) is 5.11 Å². The van der Waals surface area contributed by atoms with E-state index < -0.39 is 0 Å². The number of phenols is 1. The minimum Gasteiger partial charge on any atom is -0.507 e. The van der Waals surface area contributed by atoms with Crippen molar-refractivity contribution in [3.63, 3.8) is 0 Å². The van der Waals surface area contributed by atoms with Gasteiger partial charge in [-0.3, -0.25) is 0 Å². The van der Waals surface area contributed by atoms with Crippen LogP contribution in [-0.2, 0) is 4.84 Å². The van der Waals surface area contributed by atoms with Gasteiger partial charge in [0.15, 0.2) is 0 Å². The second kappa shape index (κ2) is 5.49. The third-order valence-electron chi connectivity index (χ3n) is 5.14. The number of hydroxylamine groups is 1. The first-order valence-corrected chi connectivity index (χ1v) is 8.69. The van der Waals surface area contributed by atoms with E-state index in [1.54, 1.807) is 0 Å². The third kappa shape index (κ3) is 2.37. The molecule has 0 amide bonds. The molecule has 116 valence electrons. The van der Waals surface area contributed by atoms with E-state index in [2.05, 4.69) is 12.4 Å². The van der Waals surface area contributed by atoms with Crippen molar-refractivity contribution < 1.29 is 9.94 Å². The highest BCUT2D eigenvalue weighted by Gasteiger charge is 2.46. The summed E-state index contributed by atoms with van der Waals surface area (Å²) in [5.74, 6) is 0.444. The van der Waals surface area contributed by atoms with Crippen LogP contribution in [0.5, 0.6) is 5.75 Å². The molecule has 0 aromatic heterocycles. The molecular formula is C17H25NO2S. The predicted octanol–water partition coefficient (Wildman–Crippen LogP) is 4.32. The highest BCUT2D eigenvalue weighted by molar-refractivity contribution is 8.00. The molecule has 1 heterocycles. The Kier molecular flexibility index (Phi) is 3.97. The summed E-state index contributed by atoms with van der Waals surface area (Å²) >= 11 is 2.04. The minimum atomic E-state index is 0.187. The minimum absolute atomic E-state index is 0.187. The molecule has 0 saturated heterocycles. The number of hydrogen-bond acceptors (Lipinski definition) is 4. The van der Waals surface area contributed by atoms with Crippen LogP contribution >= 0.6 is 11.8 Å². The maximum absolute atomic E-state index is 10.4. The van der Waals surface area contributed by atoms with Gasteiger partial charge in [-0.15, -0.1) is 11.8 Å². The molecule has 21 heavy (non-hydrogen) atoms. The predicted molar refractivity (Wildman–Crippen MR) is 86.9 cm³/mol. The molecule has 4 heteroatoms. The van der Waals surface area contributed by atoms with Crippen molar-refractivity contribution >= 4 is 11.8 Å². The lowest BCUT2D eigenvalue weighted by Gasteiger charge is -2.48. The number of nitrogens with one attached hydrogen (secondary N) is 1. The molecule has 1 unspecified atom stereocenters. The Labute approximate surface area is 131 Å². The van der Waals surface area contributed by atoms with Crippen molar-refractivity contribution in [2.45, 2.75) is 69.1 Å². The third-order valence-corrected chi connectivity index (χ3v) is 6.88. The number of hydrogen-bond donors (Lipinski definition) is 2. The molecule has 2 N–H and O–H groups in total. The molecule has 2 aliphatic rings. The molecule has 1 aromatic carbocycles. The SMILES string of the molecule is CCONC1CC2(CCC2)Sc2c(C)c(C)c(O)c(C)c21. The summed E-state index contributed by atoms with van der Waals surface area (Å²) in [7, 11) is 0. The quantitative estimate of drug-likeness (QED) is 0.816. The Balaban J connectivity index is 2.09. The van der Waals surface area contributed by atoms with E-state index in [1.165, 1.54) is 35.3 Å². The second-order valence-electron chi connectivity index (χ2n) is 6.41. The highest BCUT2D eigenvalue weighted by Crippen LogP contribution is 2.59. The summed E-state index contributed by atoms with van der Waals surface area (Å²) in [5, 5.41) is 10.4. The summed E-state index contributed by atoms with van der Waals surface area (Å²) < 4.78 is 0.377. The Hall–Kier alpha value is -0.710. The molecular weight excluding hydrogens is 282 g/mol. The largest absolute Gasteiger partial charge is 0.507 e. The van der Waals surface area contributed by atoms with Crippen LogP contribution in [0.15, 0.2) is 4.90 Å². The number of rotatable bonds is 3. The average molecular weight is 307 g/mol. The van der Waals surface area contributed by atoms with Crippen LogP contribution in [0.4, 0.5) is 0 Å². The molecule has 0 radical (unpaired) electrons. The van der Waals surface area contributed by atoms with Crippen molar-refractivity contribution in [3.8, 4) is 5.75 Å². The Morgan fingerprint density at radius 2 is 1.95 bits per heavy atom. The Morgan fingerprint density at radius 1 is 1.24 bits per heavy atom. The van der Waals surface area contributed by atoms with Crippen molar-refractivity contribution in [2.75, 3.05) is 6.61 Å². The fourth-order valence-electron chi connectivity index (χ4n) is 3.57. The summed E-state index contributed by atoms with van der Waals surface area (Å²) in [4.78, 5) is 6.88. The standard InChI is InChI=1S/C17H25NO2S/c1-5-20-18-13-9-17(7-6-8-17)21-16-11(3)10(2)15(19)12(4)14(13)16/h13,18-19H,5-9H2,1-4H3. The van der Waals surface area contributed by atoms with Crippen molar-refractivity contribution in [1.82, 2.24) is 5.48 Å². The summed E-state index contributed by atoms with van der Waals surface area (Å²) in [6, 6.07) is 0.187. The van der Waals surface area contributed by atoms with E-state index >= 15 is 0 Å². The number of benzene rings is 1. The van der Waals surface area contributed by atoms with Crippen LogP contribution in [0.2, 0.25) is 0 Å². The lowest BCUT2D eigenvalue weighted by Crippen LogP contribution is -2.41.